The van der Waals surface area contributed by atoms with Gasteiger partial charge in [-0.15, -0.1) is 5.10 Å². The monoisotopic (exact) mass is 415 g/mol. The van der Waals surface area contributed by atoms with E-state index >= 15 is 0 Å². The van der Waals surface area contributed by atoms with Gasteiger partial charge in [0.15, 0.2) is 5.69 Å². The number of nitrogens with zero attached hydrogens (tertiary/aromatic N) is 7. The number of rotatable bonds is 6. The molecule has 0 spiro atoms. The predicted octanol–water partition coefficient (Wildman–Crippen LogP) is 1.76. The van der Waals surface area contributed by atoms with Crippen molar-refractivity contribution in [1.29, 1.82) is 0 Å². The third kappa shape index (κ3) is 4.66. The molecule has 0 atom stereocenters. The van der Waals surface area contributed by atoms with Gasteiger partial charge in [0.2, 0.25) is 11.6 Å². The molecular formula is C19H29N9O2. The van der Waals surface area contributed by atoms with E-state index in [1.165, 1.54) is 23.9 Å². The minimum atomic E-state index is -0.399. The molecule has 1 saturated carbocycles. The van der Waals surface area contributed by atoms with Crippen LogP contribution < -0.4 is 11.2 Å². The average molecular weight is 416 g/mol. The summed E-state index contributed by atoms with van der Waals surface area (Å²) in [6.07, 6.45) is 10.0. The summed E-state index contributed by atoms with van der Waals surface area (Å²) in [4.78, 5) is 15.1. The summed E-state index contributed by atoms with van der Waals surface area (Å²) < 4.78 is 6.14. The maximum atomic E-state index is 12.8. The van der Waals surface area contributed by atoms with E-state index in [1.54, 1.807) is 0 Å². The third-order valence-corrected chi connectivity index (χ3v) is 6.03. The van der Waals surface area contributed by atoms with Crippen LogP contribution in [0.15, 0.2) is 9.73 Å². The minimum absolute atomic E-state index is 0.0932. The second-order valence-electron chi connectivity index (χ2n) is 8.35. The summed E-state index contributed by atoms with van der Waals surface area (Å²) in [6, 6.07) is 0. The highest BCUT2D eigenvalue weighted by Crippen LogP contribution is 2.23. The molecule has 30 heavy (non-hydrogen) atoms. The zero-order valence-corrected chi connectivity index (χ0v) is 17.3. The molecule has 162 valence electrons. The standard InChI is InChI=1S/C19H29N9O2/c1-13-7-9-27(10-8-13)12-15-16(22-26-28(15)18-17(20)24-30-25-18)19(29)23-21-11-14-5-3-2-4-6-14/h11,13-14H,2-10,12H2,1H3,(H2,20,24)(H,23,29)/b21-11+. The van der Waals surface area contributed by atoms with Gasteiger partial charge in [0.25, 0.3) is 5.91 Å². The fraction of sp³-hybridized carbons (Fsp3) is 0.684. The molecule has 0 radical (unpaired) electrons. The first kappa shape index (κ1) is 20.5. The lowest BCUT2D eigenvalue weighted by molar-refractivity contribution is 0.0946. The molecule has 11 heteroatoms. The van der Waals surface area contributed by atoms with Gasteiger partial charge in [0.1, 0.15) is 0 Å². The normalized spacial score (nSPS) is 19.5. The van der Waals surface area contributed by atoms with Crippen LogP contribution in [0.25, 0.3) is 5.82 Å². The predicted molar refractivity (Wildman–Crippen MR) is 110 cm³/mol. The third-order valence-electron chi connectivity index (χ3n) is 6.03. The summed E-state index contributed by atoms with van der Waals surface area (Å²) in [6.45, 7) is 4.65. The number of anilines is 1. The first-order valence-electron chi connectivity index (χ1n) is 10.7. The van der Waals surface area contributed by atoms with Crippen LogP contribution in [0.2, 0.25) is 0 Å². The molecule has 2 fully saturated rings. The van der Waals surface area contributed by atoms with Crippen molar-refractivity contribution >= 4 is 17.9 Å². The molecule has 0 aromatic carbocycles. The summed E-state index contributed by atoms with van der Waals surface area (Å²) in [5.41, 5.74) is 9.26. The van der Waals surface area contributed by atoms with Crippen molar-refractivity contribution in [3.05, 3.63) is 11.4 Å². The number of nitrogen functional groups attached to an aromatic ring is 1. The molecule has 1 aliphatic heterocycles. The Morgan fingerprint density at radius 1 is 1.23 bits per heavy atom. The molecule has 1 amide bonds. The lowest BCUT2D eigenvalue weighted by atomic mass is 9.90. The van der Waals surface area contributed by atoms with E-state index in [1.807, 2.05) is 6.21 Å². The van der Waals surface area contributed by atoms with Gasteiger partial charge in [-0.05, 0) is 60.9 Å². The van der Waals surface area contributed by atoms with Crippen LogP contribution in [0, 0.1) is 11.8 Å². The Bertz CT molecular complexity index is 876. The molecular weight excluding hydrogens is 386 g/mol. The Morgan fingerprint density at radius 2 is 2.00 bits per heavy atom. The average Bonchev–Trinajstić information content (AvgIpc) is 3.36. The Balaban J connectivity index is 1.52. The Kier molecular flexibility index (Phi) is 6.36. The zero-order valence-electron chi connectivity index (χ0n) is 17.3. The lowest BCUT2D eigenvalue weighted by Gasteiger charge is -2.30. The van der Waals surface area contributed by atoms with Crippen LogP contribution in [0.4, 0.5) is 5.82 Å². The second kappa shape index (κ2) is 9.33. The molecule has 3 N–H and O–H groups in total. The fourth-order valence-electron chi connectivity index (χ4n) is 4.10. The number of amides is 1. The van der Waals surface area contributed by atoms with Gasteiger partial charge in [0.05, 0.1) is 5.69 Å². The molecule has 1 aliphatic carbocycles. The molecule has 2 aliphatic rings. The number of hydrogen-bond acceptors (Lipinski definition) is 9. The molecule has 1 saturated heterocycles. The van der Waals surface area contributed by atoms with Gasteiger partial charge < -0.3 is 5.73 Å². The number of nitrogens with one attached hydrogen (secondary N) is 1. The molecule has 0 bridgehead atoms. The summed E-state index contributed by atoms with van der Waals surface area (Å²) in [5, 5.41) is 19.8. The number of likely N-dealkylation sites (tertiary alicyclic amines) is 1. The van der Waals surface area contributed by atoms with Gasteiger partial charge in [0, 0.05) is 12.8 Å². The summed E-state index contributed by atoms with van der Waals surface area (Å²) >= 11 is 0. The number of piperidine rings is 1. The van der Waals surface area contributed by atoms with Gasteiger partial charge in [-0.3, -0.25) is 9.69 Å². The Labute approximate surface area is 175 Å². The van der Waals surface area contributed by atoms with E-state index in [9.17, 15) is 4.79 Å². The SMILES string of the molecule is CC1CCN(Cc2c(C(=O)N/N=C/C3CCCCC3)nnn2-c2nonc2N)CC1. The molecule has 4 rings (SSSR count). The van der Waals surface area contributed by atoms with Gasteiger partial charge in [-0.2, -0.15) is 9.78 Å². The highest BCUT2D eigenvalue weighted by molar-refractivity contribution is 5.93. The first-order chi connectivity index (χ1) is 14.6. The summed E-state index contributed by atoms with van der Waals surface area (Å²) in [7, 11) is 0. The smallest absolute Gasteiger partial charge is 0.293 e. The van der Waals surface area contributed by atoms with Crippen LogP contribution in [-0.2, 0) is 6.54 Å². The topological polar surface area (TPSA) is 140 Å². The zero-order chi connectivity index (χ0) is 20.9. The van der Waals surface area contributed by atoms with Crippen molar-refractivity contribution in [3.63, 3.8) is 0 Å². The van der Waals surface area contributed by atoms with E-state index in [0.717, 1.165) is 38.8 Å². The largest absolute Gasteiger partial charge is 0.378 e. The van der Waals surface area contributed by atoms with Crippen molar-refractivity contribution in [1.82, 2.24) is 35.6 Å². The quantitative estimate of drug-likeness (QED) is 0.537. The Morgan fingerprint density at radius 3 is 2.70 bits per heavy atom. The lowest BCUT2D eigenvalue weighted by Crippen LogP contribution is -2.34. The van der Waals surface area contributed by atoms with E-state index < -0.39 is 5.91 Å². The fourth-order valence-corrected chi connectivity index (χ4v) is 4.10. The van der Waals surface area contributed by atoms with E-state index in [0.29, 0.717) is 24.1 Å². The minimum Gasteiger partial charge on any atom is -0.378 e. The number of aromatic nitrogens is 5. The van der Waals surface area contributed by atoms with E-state index in [2.05, 4.69) is 43.0 Å². The maximum absolute atomic E-state index is 12.8. The molecule has 2 aromatic heterocycles. The van der Waals surface area contributed by atoms with Crippen molar-refractivity contribution in [2.45, 2.75) is 58.4 Å². The highest BCUT2D eigenvalue weighted by Gasteiger charge is 2.27. The molecule has 2 aromatic rings. The van der Waals surface area contributed by atoms with Crippen LogP contribution in [0.5, 0.6) is 0 Å². The van der Waals surface area contributed by atoms with E-state index in [4.69, 9.17) is 10.4 Å². The number of carbonyl (C=O) groups excluding carboxylic acids is 1. The van der Waals surface area contributed by atoms with Crippen LogP contribution >= 0.6 is 0 Å². The van der Waals surface area contributed by atoms with Crippen LogP contribution in [0.3, 0.4) is 0 Å². The van der Waals surface area contributed by atoms with Crippen molar-refractivity contribution in [2.24, 2.45) is 16.9 Å². The molecule has 0 unspecified atom stereocenters. The number of hydrogen-bond donors (Lipinski definition) is 2. The van der Waals surface area contributed by atoms with Crippen molar-refractivity contribution < 1.29 is 9.42 Å². The highest BCUT2D eigenvalue weighted by atomic mass is 16.6. The summed E-state index contributed by atoms with van der Waals surface area (Å²) in [5.74, 6) is 1.05. The number of carbonyl (C=O) groups is 1. The van der Waals surface area contributed by atoms with Gasteiger partial charge in [-0.1, -0.05) is 31.4 Å². The molecule has 11 nitrogen and oxygen atoms in total. The first-order valence-corrected chi connectivity index (χ1v) is 10.7. The molecule has 3 heterocycles. The number of hydrazone groups is 1. The number of nitrogens with two attached hydrogens (primary N) is 1. The second-order valence-corrected chi connectivity index (χ2v) is 8.35. The van der Waals surface area contributed by atoms with Gasteiger partial charge >= 0.3 is 0 Å². The van der Waals surface area contributed by atoms with Crippen molar-refractivity contribution in [3.8, 4) is 5.82 Å². The van der Waals surface area contributed by atoms with E-state index in [-0.39, 0.29) is 17.3 Å². The maximum Gasteiger partial charge on any atom is 0.293 e. The van der Waals surface area contributed by atoms with Gasteiger partial charge in [-0.25, -0.2) is 10.1 Å². The van der Waals surface area contributed by atoms with Crippen molar-refractivity contribution in [2.75, 3.05) is 18.8 Å². The van der Waals surface area contributed by atoms with Crippen LogP contribution in [0.1, 0.15) is 68.1 Å². The van der Waals surface area contributed by atoms with Crippen LogP contribution in [-0.4, -0.2) is 55.4 Å². The Hall–Kier alpha value is -2.82.